The van der Waals surface area contributed by atoms with E-state index in [-0.39, 0.29) is 0 Å². The van der Waals surface area contributed by atoms with Crippen LogP contribution < -0.4 is 20.3 Å². The van der Waals surface area contributed by atoms with E-state index in [1.807, 2.05) is 42.5 Å². The number of anilines is 1. The minimum atomic E-state index is -0.733. The molecule has 0 aliphatic carbocycles. The Kier molecular flexibility index (Phi) is 7.74. The molecule has 1 atom stereocenters. The lowest BCUT2D eigenvalue weighted by Crippen LogP contribution is -2.26. The molecule has 0 fully saturated rings. The van der Waals surface area contributed by atoms with Gasteiger partial charge in [-0.05, 0) is 59.6 Å². The van der Waals surface area contributed by atoms with Gasteiger partial charge in [0.15, 0.2) is 17.6 Å². The van der Waals surface area contributed by atoms with Crippen LogP contribution in [-0.4, -0.2) is 25.8 Å². The summed E-state index contributed by atoms with van der Waals surface area (Å²) in [6, 6.07) is 13.6. The molecule has 2 aromatic carbocycles. The van der Waals surface area contributed by atoms with E-state index in [2.05, 4.69) is 26.8 Å². The number of hydrogen-bond donors (Lipinski definition) is 2. The van der Waals surface area contributed by atoms with E-state index >= 15 is 0 Å². The molecular weight excluding hydrogens is 400 g/mol. The van der Waals surface area contributed by atoms with Crippen LogP contribution >= 0.6 is 15.9 Å². The van der Waals surface area contributed by atoms with Crippen molar-refractivity contribution < 1.29 is 19.0 Å². The molecule has 0 spiro atoms. The Labute approximate surface area is 161 Å². The Balaban J connectivity index is 2.04. The average Bonchev–Trinajstić information content (AvgIpc) is 2.64. The third-order valence-electron chi connectivity index (χ3n) is 3.50. The zero-order valence-corrected chi connectivity index (χ0v) is 16.6. The summed E-state index contributed by atoms with van der Waals surface area (Å²) in [6.07, 6.45) is -0.733. The first-order chi connectivity index (χ1) is 12.5. The number of ether oxygens (including phenoxy) is 3. The van der Waals surface area contributed by atoms with E-state index in [1.54, 1.807) is 21.0 Å². The van der Waals surface area contributed by atoms with Gasteiger partial charge in [-0.15, -0.1) is 0 Å². The maximum atomic E-state index is 11.8. The van der Waals surface area contributed by atoms with Crippen molar-refractivity contribution in [1.29, 1.82) is 0 Å². The molecule has 1 unspecified atom stereocenters. The van der Waals surface area contributed by atoms with Crippen LogP contribution in [0.25, 0.3) is 0 Å². The van der Waals surface area contributed by atoms with E-state index in [1.165, 1.54) is 0 Å². The largest absolute Gasteiger partial charge is 0.493 e. The van der Waals surface area contributed by atoms with Gasteiger partial charge in [0.05, 0.1) is 18.2 Å². The van der Waals surface area contributed by atoms with Crippen molar-refractivity contribution in [3.8, 4) is 11.5 Å². The van der Waals surface area contributed by atoms with Gasteiger partial charge < -0.3 is 19.6 Å². The van der Waals surface area contributed by atoms with Crippen molar-refractivity contribution in [3.05, 3.63) is 52.5 Å². The van der Waals surface area contributed by atoms with Gasteiger partial charge in [-0.2, -0.15) is 0 Å². The molecular formula is C19H23BrN2O4. The number of hydrogen-bond acceptors (Lipinski definition) is 6. The lowest BCUT2D eigenvalue weighted by molar-refractivity contribution is -0.150. The van der Waals surface area contributed by atoms with Crippen LogP contribution in [0.4, 0.5) is 5.69 Å². The number of halogens is 1. The molecule has 6 nitrogen and oxygen atoms in total. The van der Waals surface area contributed by atoms with E-state index < -0.39 is 12.1 Å². The average molecular weight is 423 g/mol. The summed E-state index contributed by atoms with van der Waals surface area (Å²) < 4.78 is 16.8. The molecule has 2 N–H and O–H groups in total. The second-order valence-corrected chi connectivity index (χ2v) is 6.32. The lowest BCUT2D eigenvalue weighted by atomic mass is 10.2. The Hall–Kier alpha value is -2.25. The summed E-state index contributed by atoms with van der Waals surface area (Å²) in [5.74, 6) is 0.583. The van der Waals surface area contributed by atoms with Crippen molar-refractivity contribution in [1.82, 2.24) is 5.43 Å². The number of hydrazine groups is 1. The Bertz CT molecular complexity index is 725. The Morgan fingerprint density at radius 1 is 1.23 bits per heavy atom. The van der Waals surface area contributed by atoms with Gasteiger partial charge in [0.1, 0.15) is 0 Å². The van der Waals surface area contributed by atoms with Crippen LogP contribution in [0.1, 0.15) is 19.4 Å². The minimum absolute atomic E-state index is 0.309. The van der Waals surface area contributed by atoms with Crippen molar-refractivity contribution in [2.24, 2.45) is 0 Å². The molecule has 140 valence electrons. The van der Waals surface area contributed by atoms with Gasteiger partial charge in [-0.1, -0.05) is 18.2 Å². The number of benzene rings is 2. The van der Waals surface area contributed by atoms with Gasteiger partial charge in [-0.25, -0.2) is 10.2 Å². The molecule has 0 amide bonds. The number of esters is 1. The summed E-state index contributed by atoms with van der Waals surface area (Å²) in [5, 5.41) is 0. The van der Waals surface area contributed by atoms with E-state index in [0.29, 0.717) is 29.1 Å². The van der Waals surface area contributed by atoms with Gasteiger partial charge in [0.2, 0.25) is 0 Å². The molecule has 0 aliphatic rings. The molecule has 0 saturated carbocycles. The molecule has 0 heterocycles. The van der Waals surface area contributed by atoms with Crippen LogP contribution in [0.3, 0.4) is 0 Å². The number of rotatable bonds is 9. The first-order valence-electron chi connectivity index (χ1n) is 8.28. The zero-order chi connectivity index (χ0) is 18.9. The van der Waals surface area contributed by atoms with Crippen molar-refractivity contribution in [2.75, 3.05) is 19.1 Å². The fraction of sp³-hybridized carbons (Fsp3) is 0.316. The topological polar surface area (TPSA) is 68.8 Å². The zero-order valence-electron chi connectivity index (χ0n) is 15.0. The molecule has 2 aromatic rings. The molecule has 0 bridgehead atoms. The summed E-state index contributed by atoms with van der Waals surface area (Å²) in [6.45, 7) is 4.27. The molecule has 2 rings (SSSR count). The van der Waals surface area contributed by atoms with Crippen LogP contribution in [-0.2, 0) is 16.1 Å². The number of carbonyl (C=O) groups excluding carboxylic acids is 1. The third-order valence-corrected chi connectivity index (χ3v) is 4.09. The number of para-hydroxylation sites is 1. The van der Waals surface area contributed by atoms with E-state index in [0.717, 1.165) is 11.3 Å². The fourth-order valence-electron chi connectivity index (χ4n) is 2.24. The van der Waals surface area contributed by atoms with Crippen LogP contribution in [0.5, 0.6) is 11.5 Å². The number of carbonyl (C=O) groups is 1. The normalized spacial score (nSPS) is 11.5. The van der Waals surface area contributed by atoms with Crippen molar-refractivity contribution >= 4 is 27.6 Å². The highest BCUT2D eigenvalue weighted by atomic mass is 79.9. The second-order valence-electron chi connectivity index (χ2n) is 5.47. The minimum Gasteiger partial charge on any atom is -0.493 e. The summed E-state index contributed by atoms with van der Waals surface area (Å²) in [4.78, 5) is 11.8. The molecule has 0 aliphatic heterocycles. The maximum Gasteiger partial charge on any atom is 0.347 e. The van der Waals surface area contributed by atoms with Crippen molar-refractivity contribution in [3.63, 3.8) is 0 Å². The van der Waals surface area contributed by atoms with E-state index in [4.69, 9.17) is 14.2 Å². The van der Waals surface area contributed by atoms with Crippen LogP contribution in [0.15, 0.2) is 46.9 Å². The first kappa shape index (κ1) is 20.1. The molecule has 7 heteroatoms. The summed E-state index contributed by atoms with van der Waals surface area (Å²) in [5.41, 5.74) is 8.23. The van der Waals surface area contributed by atoms with E-state index in [9.17, 15) is 4.79 Å². The Morgan fingerprint density at radius 2 is 1.96 bits per heavy atom. The number of methoxy groups -OCH3 is 1. The second kappa shape index (κ2) is 10.0. The highest BCUT2D eigenvalue weighted by molar-refractivity contribution is 9.10. The standard InChI is InChI=1S/C19H23BrN2O4/c1-4-25-19(23)13(2)26-18-16(20)10-14(11-17(18)24-3)12-21-22-15-8-6-5-7-9-15/h5-11,13,21-22H,4,12H2,1-3H3. The number of nitrogens with one attached hydrogen (secondary N) is 2. The van der Waals surface area contributed by atoms with Crippen molar-refractivity contribution in [2.45, 2.75) is 26.5 Å². The molecule has 0 saturated heterocycles. The third kappa shape index (κ3) is 5.64. The van der Waals surface area contributed by atoms with Gasteiger partial charge >= 0.3 is 5.97 Å². The Morgan fingerprint density at radius 3 is 2.62 bits per heavy atom. The van der Waals surface area contributed by atoms with Gasteiger partial charge in [-0.3, -0.25) is 0 Å². The smallest absolute Gasteiger partial charge is 0.347 e. The quantitative estimate of drug-likeness (QED) is 0.471. The van der Waals surface area contributed by atoms with Crippen LogP contribution in [0.2, 0.25) is 0 Å². The lowest BCUT2D eigenvalue weighted by Gasteiger charge is -2.18. The predicted molar refractivity (Wildman–Crippen MR) is 104 cm³/mol. The molecule has 26 heavy (non-hydrogen) atoms. The first-order valence-corrected chi connectivity index (χ1v) is 9.08. The summed E-state index contributed by atoms with van der Waals surface area (Å²) in [7, 11) is 1.56. The monoisotopic (exact) mass is 422 g/mol. The SMILES string of the molecule is CCOC(=O)C(C)Oc1c(Br)cc(CNNc2ccccc2)cc1OC. The molecule has 0 aromatic heterocycles. The van der Waals surface area contributed by atoms with Crippen LogP contribution in [0, 0.1) is 0 Å². The van der Waals surface area contributed by atoms with Gasteiger partial charge in [0.25, 0.3) is 0 Å². The predicted octanol–water partition coefficient (Wildman–Crippen LogP) is 3.90. The highest BCUT2D eigenvalue weighted by Crippen LogP contribution is 2.37. The maximum absolute atomic E-state index is 11.8. The summed E-state index contributed by atoms with van der Waals surface area (Å²) >= 11 is 3.49. The van der Waals surface area contributed by atoms with Gasteiger partial charge in [0, 0.05) is 12.2 Å². The molecule has 0 radical (unpaired) electrons. The fourth-order valence-corrected chi connectivity index (χ4v) is 2.83. The highest BCUT2D eigenvalue weighted by Gasteiger charge is 2.20.